The van der Waals surface area contributed by atoms with Gasteiger partial charge in [0, 0.05) is 5.56 Å². The first-order chi connectivity index (χ1) is 4.84. The first kappa shape index (κ1) is 6.61. The number of rotatable bonds is 1. The van der Waals surface area contributed by atoms with Crippen molar-refractivity contribution < 1.29 is 5.21 Å². The summed E-state index contributed by atoms with van der Waals surface area (Å²) in [6.45, 7) is 0. The van der Waals surface area contributed by atoms with Crippen LogP contribution in [0, 0.1) is 0 Å². The Bertz CT molecular complexity index is 231. The Balaban J connectivity index is 2.96. The van der Waals surface area contributed by atoms with Gasteiger partial charge in [0.15, 0.2) is 5.84 Å². The molecule has 3 heteroatoms. The predicted octanol–water partition coefficient (Wildman–Crippen LogP) is 0.737. The van der Waals surface area contributed by atoms with Crippen molar-refractivity contribution in [2.24, 2.45) is 10.9 Å². The van der Waals surface area contributed by atoms with E-state index >= 15 is 0 Å². The summed E-state index contributed by atoms with van der Waals surface area (Å²) in [5, 5.41) is 12.5. The number of benzene rings is 1. The lowest BCUT2D eigenvalue weighted by molar-refractivity contribution is 0.209. The molecule has 0 unspecified atom stereocenters. The molecule has 1 radical (unpaired) electrons. The number of amidine groups is 1. The van der Waals surface area contributed by atoms with E-state index in [4.69, 9.17) is 5.73 Å². The molecule has 0 aromatic heterocycles. The van der Waals surface area contributed by atoms with Crippen molar-refractivity contribution in [2.75, 3.05) is 0 Å². The van der Waals surface area contributed by atoms with Gasteiger partial charge in [-0.1, -0.05) is 30.3 Å². The van der Waals surface area contributed by atoms with Gasteiger partial charge in [0.05, 0.1) is 0 Å². The molecule has 10 heavy (non-hydrogen) atoms. The van der Waals surface area contributed by atoms with E-state index in [1.165, 1.54) is 0 Å². The Morgan fingerprint density at radius 1 is 1.30 bits per heavy atom. The van der Waals surface area contributed by atoms with Crippen LogP contribution in [0.1, 0.15) is 5.56 Å². The molecule has 51 valence electrons. The highest BCUT2D eigenvalue weighted by molar-refractivity contribution is 5.96. The number of nitrogens with two attached hydrogens (primary N) is 1. The first-order valence-corrected chi connectivity index (χ1v) is 2.86. The van der Waals surface area contributed by atoms with Crippen molar-refractivity contribution >= 4 is 5.84 Å². The fraction of sp³-hybridized carbons (Fsp3) is 0. The van der Waals surface area contributed by atoms with E-state index in [0.717, 1.165) is 0 Å². The third kappa shape index (κ3) is 1.25. The number of hydrogen-bond acceptors (Lipinski definition) is 1. The smallest absolute Gasteiger partial charge is 0.175 e. The van der Waals surface area contributed by atoms with Crippen molar-refractivity contribution in [3.8, 4) is 0 Å². The molecule has 2 N–H and O–H groups in total. The second kappa shape index (κ2) is 2.87. The lowest BCUT2D eigenvalue weighted by atomic mass is 10.2. The highest BCUT2D eigenvalue weighted by Crippen LogP contribution is 1.96. The van der Waals surface area contributed by atoms with E-state index in [2.05, 4.69) is 5.16 Å². The third-order valence-electron chi connectivity index (χ3n) is 1.17. The van der Waals surface area contributed by atoms with Gasteiger partial charge in [0.25, 0.3) is 0 Å². The van der Waals surface area contributed by atoms with E-state index in [-0.39, 0.29) is 5.84 Å². The fourth-order valence-corrected chi connectivity index (χ4v) is 0.662. The lowest BCUT2D eigenvalue weighted by Crippen LogP contribution is -2.12. The largest absolute Gasteiger partial charge is 0.380 e. The highest BCUT2D eigenvalue weighted by Gasteiger charge is 1.94. The molecule has 0 fully saturated rings. The normalized spacial score (nSPS) is 11.4. The van der Waals surface area contributed by atoms with Gasteiger partial charge in [-0.05, 0) is 5.16 Å². The van der Waals surface area contributed by atoms with Crippen molar-refractivity contribution in [3.63, 3.8) is 0 Å². The quantitative estimate of drug-likeness (QED) is 0.344. The summed E-state index contributed by atoms with van der Waals surface area (Å²) in [6, 6.07) is 8.91. The van der Waals surface area contributed by atoms with Gasteiger partial charge in [0.2, 0.25) is 0 Å². The molecule has 0 atom stereocenters. The zero-order valence-electron chi connectivity index (χ0n) is 5.32. The van der Waals surface area contributed by atoms with Crippen LogP contribution in [0.3, 0.4) is 0 Å². The summed E-state index contributed by atoms with van der Waals surface area (Å²) >= 11 is 0. The topological polar surface area (TPSA) is 58.3 Å². The van der Waals surface area contributed by atoms with E-state index in [1.54, 1.807) is 24.3 Å². The van der Waals surface area contributed by atoms with Crippen LogP contribution in [0.4, 0.5) is 0 Å². The van der Waals surface area contributed by atoms with Crippen LogP contribution in [0.5, 0.6) is 0 Å². The van der Waals surface area contributed by atoms with Crippen LogP contribution in [0.2, 0.25) is 0 Å². The minimum atomic E-state index is 0.0283. The molecule has 0 amide bonds. The maximum Gasteiger partial charge on any atom is 0.175 e. The minimum Gasteiger partial charge on any atom is -0.380 e. The van der Waals surface area contributed by atoms with Gasteiger partial charge >= 0.3 is 0 Å². The minimum absolute atomic E-state index is 0.0283. The molecule has 1 aromatic carbocycles. The van der Waals surface area contributed by atoms with Crippen molar-refractivity contribution in [1.82, 2.24) is 0 Å². The molecular formula is C7H7N2O. The summed E-state index contributed by atoms with van der Waals surface area (Å²) in [5.41, 5.74) is 5.90. The van der Waals surface area contributed by atoms with Gasteiger partial charge in [-0.15, -0.1) is 5.21 Å². The second-order valence-electron chi connectivity index (χ2n) is 1.84. The predicted molar refractivity (Wildman–Crippen MR) is 37.9 cm³/mol. The zero-order valence-corrected chi connectivity index (χ0v) is 5.32. The fourth-order valence-electron chi connectivity index (χ4n) is 0.662. The summed E-state index contributed by atoms with van der Waals surface area (Å²) < 4.78 is 0. The van der Waals surface area contributed by atoms with Crippen LogP contribution in [-0.2, 0) is 5.21 Å². The summed E-state index contributed by atoms with van der Waals surface area (Å²) in [5.74, 6) is 0.0283. The molecule has 0 saturated heterocycles. The molecule has 0 spiro atoms. The van der Waals surface area contributed by atoms with Crippen molar-refractivity contribution in [2.45, 2.75) is 0 Å². The Morgan fingerprint density at radius 2 is 1.90 bits per heavy atom. The van der Waals surface area contributed by atoms with E-state index in [0.29, 0.717) is 5.56 Å². The average molecular weight is 135 g/mol. The van der Waals surface area contributed by atoms with Crippen LogP contribution in [-0.4, -0.2) is 5.84 Å². The van der Waals surface area contributed by atoms with Crippen LogP contribution in [0.15, 0.2) is 35.5 Å². The first-order valence-electron chi connectivity index (χ1n) is 2.86. The van der Waals surface area contributed by atoms with Gasteiger partial charge in [0.1, 0.15) is 0 Å². The van der Waals surface area contributed by atoms with Gasteiger partial charge in [-0.2, -0.15) is 0 Å². The Labute approximate surface area is 58.8 Å². The van der Waals surface area contributed by atoms with Crippen LogP contribution >= 0.6 is 0 Å². The average Bonchev–Trinajstić information content (AvgIpc) is 2.05. The summed E-state index contributed by atoms with van der Waals surface area (Å²) in [4.78, 5) is 0. The van der Waals surface area contributed by atoms with Crippen molar-refractivity contribution in [1.29, 1.82) is 0 Å². The SMILES string of the molecule is NC(=N[O])c1ccccc1. The molecule has 0 saturated carbocycles. The Hall–Kier alpha value is -1.51. The summed E-state index contributed by atoms with van der Waals surface area (Å²) in [6.07, 6.45) is 0. The molecule has 1 rings (SSSR count). The van der Waals surface area contributed by atoms with Crippen LogP contribution < -0.4 is 5.73 Å². The monoisotopic (exact) mass is 135 g/mol. The van der Waals surface area contributed by atoms with Crippen molar-refractivity contribution in [3.05, 3.63) is 35.9 Å². The standard InChI is InChI=1S/C7H7N2O/c8-7(9-10)6-4-2-1-3-5-6/h1-5H,(H2,8,9). The molecule has 0 heterocycles. The molecule has 1 aromatic rings. The molecule has 0 aliphatic rings. The Morgan fingerprint density at radius 3 is 2.40 bits per heavy atom. The number of hydrogen-bond donors (Lipinski definition) is 1. The second-order valence-corrected chi connectivity index (χ2v) is 1.84. The van der Waals surface area contributed by atoms with Gasteiger partial charge < -0.3 is 5.73 Å². The zero-order chi connectivity index (χ0) is 7.40. The summed E-state index contributed by atoms with van der Waals surface area (Å²) in [7, 11) is 0. The highest BCUT2D eigenvalue weighted by atomic mass is 16.4. The molecule has 3 nitrogen and oxygen atoms in total. The van der Waals surface area contributed by atoms with E-state index < -0.39 is 0 Å². The third-order valence-corrected chi connectivity index (χ3v) is 1.17. The lowest BCUT2D eigenvalue weighted by Gasteiger charge is -1.93. The van der Waals surface area contributed by atoms with E-state index in [9.17, 15) is 5.21 Å². The van der Waals surface area contributed by atoms with Gasteiger partial charge in [-0.3, -0.25) is 0 Å². The van der Waals surface area contributed by atoms with Crippen LogP contribution in [0.25, 0.3) is 0 Å². The molecule has 0 bridgehead atoms. The van der Waals surface area contributed by atoms with E-state index in [1.807, 2.05) is 6.07 Å². The Kier molecular flexibility index (Phi) is 1.89. The molecule has 0 aliphatic heterocycles. The number of nitrogens with zero attached hydrogens (tertiary/aromatic N) is 1. The molecule has 0 aliphatic carbocycles. The maximum atomic E-state index is 9.89. The van der Waals surface area contributed by atoms with Gasteiger partial charge in [-0.25, -0.2) is 0 Å². The molecular weight excluding hydrogens is 128 g/mol. The maximum absolute atomic E-state index is 9.89.